The number of hydrogen-bond acceptors (Lipinski definition) is 4. The van der Waals surface area contributed by atoms with Crippen LogP contribution in [0.3, 0.4) is 0 Å². The third-order valence-electron chi connectivity index (χ3n) is 4.12. The molecule has 3 atom stereocenters. The number of aromatic nitrogens is 1. The number of thioether (sulfide) groups is 1. The molecule has 96 valence electrons. The zero-order valence-corrected chi connectivity index (χ0v) is 11.3. The molecule has 0 amide bonds. The number of nitrogens with zero attached hydrogens (tertiary/aromatic N) is 1. The van der Waals surface area contributed by atoms with Crippen LogP contribution >= 0.6 is 11.8 Å². The summed E-state index contributed by atoms with van der Waals surface area (Å²) in [5, 5.41) is 0.755. The fourth-order valence-electron chi connectivity index (χ4n) is 3.24. The van der Waals surface area contributed by atoms with Crippen molar-refractivity contribution in [3.05, 3.63) is 23.9 Å². The molecule has 2 saturated carbocycles. The maximum absolute atomic E-state index is 12.2. The van der Waals surface area contributed by atoms with Gasteiger partial charge in [-0.1, -0.05) is 0 Å². The normalized spacial score (nSPS) is 29.5. The van der Waals surface area contributed by atoms with E-state index in [1.807, 2.05) is 6.26 Å². The fourth-order valence-corrected chi connectivity index (χ4v) is 3.78. The van der Waals surface area contributed by atoms with Gasteiger partial charge in [0.2, 0.25) is 0 Å². The highest BCUT2D eigenvalue weighted by atomic mass is 32.2. The van der Waals surface area contributed by atoms with Gasteiger partial charge < -0.3 is 4.74 Å². The molecular formula is C14H17NO2S. The Kier molecular flexibility index (Phi) is 3.29. The van der Waals surface area contributed by atoms with Gasteiger partial charge in [0.1, 0.15) is 11.1 Å². The molecule has 1 aromatic heterocycles. The van der Waals surface area contributed by atoms with Crippen molar-refractivity contribution in [3.63, 3.8) is 0 Å². The van der Waals surface area contributed by atoms with Crippen LogP contribution in [0.25, 0.3) is 0 Å². The highest BCUT2D eigenvalue weighted by Crippen LogP contribution is 2.46. The van der Waals surface area contributed by atoms with Crippen molar-refractivity contribution in [3.8, 4) is 0 Å². The monoisotopic (exact) mass is 263 g/mol. The van der Waals surface area contributed by atoms with Crippen molar-refractivity contribution in [1.29, 1.82) is 0 Å². The summed E-state index contributed by atoms with van der Waals surface area (Å²) in [7, 11) is 0. The van der Waals surface area contributed by atoms with Crippen LogP contribution < -0.4 is 0 Å². The summed E-state index contributed by atoms with van der Waals surface area (Å²) in [4.78, 5) is 16.4. The van der Waals surface area contributed by atoms with Crippen molar-refractivity contribution < 1.29 is 9.53 Å². The molecule has 0 aliphatic heterocycles. The van der Waals surface area contributed by atoms with Gasteiger partial charge in [0.05, 0.1) is 5.56 Å². The van der Waals surface area contributed by atoms with E-state index < -0.39 is 0 Å². The molecule has 0 spiro atoms. The Hall–Kier alpha value is -1.03. The Morgan fingerprint density at radius 3 is 3.00 bits per heavy atom. The molecule has 0 N–H and O–H groups in total. The minimum atomic E-state index is -0.204. The lowest BCUT2D eigenvalue weighted by atomic mass is 9.98. The topological polar surface area (TPSA) is 39.2 Å². The second-order valence-electron chi connectivity index (χ2n) is 5.18. The molecule has 18 heavy (non-hydrogen) atoms. The van der Waals surface area contributed by atoms with Crippen LogP contribution in [-0.4, -0.2) is 23.3 Å². The first kappa shape index (κ1) is 12.0. The standard InChI is InChI=1S/C14H17NO2S/c1-18-13-11(3-2-6-15-13)14(16)17-12-8-9-4-5-10(12)7-9/h2-3,6,9-10,12H,4-5,7-8H2,1H3. The molecule has 2 fully saturated rings. The first-order chi connectivity index (χ1) is 8.78. The first-order valence-electron chi connectivity index (χ1n) is 6.48. The fraction of sp³-hybridized carbons (Fsp3) is 0.571. The third-order valence-corrected chi connectivity index (χ3v) is 4.83. The number of pyridine rings is 1. The minimum absolute atomic E-state index is 0.145. The van der Waals surface area contributed by atoms with E-state index in [-0.39, 0.29) is 12.1 Å². The van der Waals surface area contributed by atoms with E-state index in [0.29, 0.717) is 11.5 Å². The van der Waals surface area contributed by atoms with Crippen LogP contribution in [0.4, 0.5) is 0 Å². The van der Waals surface area contributed by atoms with Crippen LogP contribution in [0.1, 0.15) is 36.0 Å². The van der Waals surface area contributed by atoms with E-state index in [2.05, 4.69) is 4.98 Å². The SMILES string of the molecule is CSc1ncccc1C(=O)OC1CC2CCC1C2. The van der Waals surface area contributed by atoms with E-state index in [1.165, 1.54) is 31.0 Å². The highest BCUT2D eigenvalue weighted by molar-refractivity contribution is 7.98. The first-order valence-corrected chi connectivity index (χ1v) is 7.70. The molecule has 3 rings (SSSR count). The zero-order valence-electron chi connectivity index (χ0n) is 10.5. The van der Waals surface area contributed by atoms with Crippen molar-refractivity contribution in [2.45, 2.75) is 36.8 Å². The average molecular weight is 263 g/mol. The molecule has 0 radical (unpaired) electrons. The quantitative estimate of drug-likeness (QED) is 0.620. The summed E-state index contributed by atoms with van der Waals surface area (Å²) < 4.78 is 5.68. The summed E-state index contributed by atoms with van der Waals surface area (Å²) in [5.41, 5.74) is 0.604. The van der Waals surface area contributed by atoms with Crippen LogP contribution in [0.2, 0.25) is 0 Å². The highest BCUT2D eigenvalue weighted by Gasteiger charge is 2.41. The van der Waals surface area contributed by atoms with Crippen LogP contribution in [0.15, 0.2) is 23.4 Å². The number of carbonyl (C=O) groups excluding carboxylic acids is 1. The summed E-state index contributed by atoms with van der Waals surface area (Å²) >= 11 is 1.49. The third kappa shape index (κ3) is 2.14. The molecule has 2 aliphatic carbocycles. The number of rotatable bonds is 3. The second-order valence-corrected chi connectivity index (χ2v) is 5.97. The number of carbonyl (C=O) groups is 1. The van der Waals surface area contributed by atoms with Gasteiger partial charge in [0, 0.05) is 6.20 Å². The van der Waals surface area contributed by atoms with Crippen molar-refractivity contribution in [2.75, 3.05) is 6.26 Å². The molecular weight excluding hydrogens is 246 g/mol. The van der Waals surface area contributed by atoms with Gasteiger partial charge in [-0.3, -0.25) is 0 Å². The van der Waals surface area contributed by atoms with E-state index >= 15 is 0 Å². The summed E-state index contributed by atoms with van der Waals surface area (Å²) in [6.07, 6.45) is 8.64. The van der Waals surface area contributed by atoms with Gasteiger partial charge >= 0.3 is 5.97 Å². The van der Waals surface area contributed by atoms with Crippen LogP contribution in [0, 0.1) is 11.8 Å². The molecule has 1 aromatic rings. The van der Waals surface area contributed by atoms with Gasteiger partial charge in [0.25, 0.3) is 0 Å². The van der Waals surface area contributed by atoms with Gasteiger partial charge in [-0.25, -0.2) is 9.78 Å². The van der Waals surface area contributed by atoms with Gasteiger partial charge in [-0.2, -0.15) is 0 Å². The summed E-state index contributed by atoms with van der Waals surface area (Å²) in [6.45, 7) is 0. The van der Waals surface area contributed by atoms with E-state index in [4.69, 9.17) is 4.74 Å². The largest absolute Gasteiger partial charge is 0.458 e. The molecule has 3 nitrogen and oxygen atoms in total. The maximum atomic E-state index is 12.2. The number of fused-ring (bicyclic) bond motifs is 2. The smallest absolute Gasteiger partial charge is 0.341 e. The Balaban J connectivity index is 1.71. The number of esters is 1. The maximum Gasteiger partial charge on any atom is 0.341 e. The predicted molar refractivity (Wildman–Crippen MR) is 70.7 cm³/mol. The summed E-state index contributed by atoms with van der Waals surface area (Å²) in [6, 6.07) is 3.59. The van der Waals surface area contributed by atoms with E-state index in [1.54, 1.807) is 18.3 Å². The lowest BCUT2D eigenvalue weighted by Crippen LogP contribution is -2.24. The van der Waals surface area contributed by atoms with Gasteiger partial charge in [0.15, 0.2) is 0 Å². The zero-order chi connectivity index (χ0) is 12.5. The molecule has 1 heterocycles. The van der Waals surface area contributed by atoms with Crippen molar-refractivity contribution in [2.24, 2.45) is 11.8 Å². The lowest BCUT2D eigenvalue weighted by molar-refractivity contribution is 0.0154. The predicted octanol–water partition coefficient (Wildman–Crippen LogP) is 3.15. The van der Waals surface area contributed by atoms with E-state index in [0.717, 1.165) is 17.4 Å². The second kappa shape index (κ2) is 4.92. The van der Waals surface area contributed by atoms with Crippen LogP contribution in [-0.2, 0) is 4.74 Å². The van der Waals surface area contributed by atoms with Crippen LogP contribution in [0.5, 0.6) is 0 Å². The van der Waals surface area contributed by atoms with Gasteiger partial charge in [-0.05, 0) is 55.9 Å². The minimum Gasteiger partial charge on any atom is -0.458 e. The number of hydrogen-bond donors (Lipinski definition) is 0. The van der Waals surface area contributed by atoms with Crippen molar-refractivity contribution in [1.82, 2.24) is 4.98 Å². The summed E-state index contributed by atoms with van der Waals surface area (Å²) in [5.74, 6) is 1.19. The Labute approximate surface area is 111 Å². The lowest BCUT2D eigenvalue weighted by Gasteiger charge is -2.22. The number of ether oxygens (including phenoxy) is 1. The van der Waals surface area contributed by atoms with Gasteiger partial charge in [-0.15, -0.1) is 11.8 Å². The van der Waals surface area contributed by atoms with Crippen molar-refractivity contribution >= 4 is 17.7 Å². The molecule has 4 heteroatoms. The molecule has 2 bridgehead atoms. The molecule has 0 saturated heterocycles. The Morgan fingerprint density at radius 2 is 2.33 bits per heavy atom. The molecule has 3 unspecified atom stereocenters. The Bertz CT molecular complexity index is 463. The molecule has 0 aromatic carbocycles. The molecule has 2 aliphatic rings. The Morgan fingerprint density at radius 1 is 1.44 bits per heavy atom. The average Bonchev–Trinajstić information content (AvgIpc) is 3.01. The van der Waals surface area contributed by atoms with E-state index in [9.17, 15) is 4.79 Å².